The van der Waals surface area contributed by atoms with E-state index in [1.165, 1.54) is 23.3 Å². The first-order chi connectivity index (χ1) is 10.4. The Hall–Kier alpha value is -2.01. The van der Waals surface area contributed by atoms with Gasteiger partial charge in [0.05, 0.1) is 11.7 Å². The molecule has 2 N–H and O–H groups in total. The molecule has 2 aromatic rings. The first-order valence-corrected chi connectivity index (χ1v) is 7.37. The number of rotatable bonds is 3. The van der Waals surface area contributed by atoms with Crippen molar-refractivity contribution in [1.82, 2.24) is 5.32 Å². The van der Waals surface area contributed by atoms with Crippen molar-refractivity contribution in [1.29, 1.82) is 0 Å². The van der Waals surface area contributed by atoms with Crippen LogP contribution in [0.2, 0.25) is 0 Å². The van der Waals surface area contributed by atoms with Gasteiger partial charge in [-0.2, -0.15) is 0 Å². The van der Waals surface area contributed by atoms with E-state index < -0.39 is 11.6 Å². The van der Waals surface area contributed by atoms with Gasteiger partial charge in [0.2, 0.25) is 0 Å². The van der Waals surface area contributed by atoms with Crippen LogP contribution in [0.4, 0.5) is 14.5 Å². The average Bonchev–Trinajstić information content (AvgIpc) is 2.45. The van der Waals surface area contributed by atoms with E-state index in [1.54, 1.807) is 0 Å². The summed E-state index contributed by atoms with van der Waals surface area (Å²) in [7, 11) is 0. The van der Waals surface area contributed by atoms with Crippen molar-refractivity contribution >= 4 is 23.0 Å². The van der Waals surface area contributed by atoms with Crippen LogP contribution in [0.3, 0.4) is 0 Å². The van der Waals surface area contributed by atoms with Crippen LogP contribution in [0.15, 0.2) is 36.4 Å². The highest BCUT2D eigenvalue weighted by molar-refractivity contribution is 7.80. The average molecular weight is 320 g/mol. The Morgan fingerprint density at radius 1 is 1.05 bits per heavy atom. The number of benzene rings is 2. The van der Waals surface area contributed by atoms with Crippen molar-refractivity contribution in [3.8, 4) is 0 Å². The molecule has 0 fully saturated rings. The van der Waals surface area contributed by atoms with Gasteiger partial charge >= 0.3 is 0 Å². The molecule has 0 aromatic heterocycles. The van der Waals surface area contributed by atoms with Gasteiger partial charge in [0.1, 0.15) is 11.6 Å². The maximum absolute atomic E-state index is 13.6. The lowest BCUT2D eigenvalue weighted by atomic mass is 10.0. The summed E-state index contributed by atoms with van der Waals surface area (Å²) in [6, 6.07) is 9.47. The summed E-state index contributed by atoms with van der Waals surface area (Å²) in [6.07, 6.45) is 0. The van der Waals surface area contributed by atoms with Crippen LogP contribution in [0.25, 0.3) is 0 Å². The van der Waals surface area contributed by atoms with Gasteiger partial charge in [0.15, 0.2) is 5.11 Å². The van der Waals surface area contributed by atoms with E-state index in [9.17, 15) is 8.78 Å². The maximum Gasteiger partial charge on any atom is 0.171 e. The van der Waals surface area contributed by atoms with E-state index in [0.29, 0.717) is 0 Å². The third kappa shape index (κ3) is 4.01. The summed E-state index contributed by atoms with van der Waals surface area (Å²) in [5.41, 5.74) is 3.66. The molecule has 0 aliphatic rings. The SMILES string of the molecule is Cc1ccc([C@H](C)NC(=S)Nc2ccc(F)cc2F)cc1C. The Morgan fingerprint density at radius 3 is 2.41 bits per heavy atom. The van der Waals surface area contributed by atoms with Crippen molar-refractivity contribution in [2.24, 2.45) is 0 Å². The second kappa shape index (κ2) is 6.83. The number of hydrogen-bond acceptors (Lipinski definition) is 1. The highest BCUT2D eigenvalue weighted by Crippen LogP contribution is 2.18. The number of halogens is 2. The summed E-state index contributed by atoms with van der Waals surface area (Å²) in [5.74, 6) is -1.30. The van der Waals surface area contributed by atoms with Crippen molar-refractivity contribution < 1.29 is 8.78 Å². The minimum Gasteiger partial charge on any atom is -0.356 e. The van der Waals surface area contributed by atoms with Crippen LogP contribution in [-0.2, 0) is 0 Å². The fraction of sp³-hybridized carbons (Fsp3) is 0.235. The fourth-order valence-electron chi connectivity index (χ4n) is 2.06. The minimum absolute atomic E-state index is 0.0252. The number of aryl methyl sites for hydroxylation is 2. The second-order valence-electron chi connectivity index (χ2n) is 5.29. The zero-order valence-corrected chi connectivity index (χ0v) is 13.5. The molecule has 0 spiro atoms. The highest BCUT2D eigenvalue weighted by atomic mass is 32.1. The smallest absolute Gasteiger partial charge is 0.171 e. The Bertz CT molecular complexity index is 701. The normalized spacial score (nSPS) is 11.9. The summed E-state index contributed by atoms with van der Waals surface area (Å²) in [4.78, 5) is 0. The zero-order chi connectivity index (χ0) is 16.3. The summed E-state index contributed by atoms with van der Waals surface area (Å²) in [6.45, 7) is 6.08. The van der Waals surface area contributed by atoms with E-state index in [1.807, 2.05) is 13.0 Å². The molecule has 0 aliphatic heterocycles. The molecule has 0 heterocycles. The lowest BCUT2D eigenvalue weighted by Crippen LogP contribution is -2.31. The van der Waals surface area contributed by atoms with Crippen molar-refractivity contribution in [2.45, 2.75) is 26.8 Å². The van der Waals surface area contributed by atoms with E-state index in [0.717, 1.165) is 11.6 Å². The minimum atomic E-state index is -0.678. The largest absolute Gasteiger partial charge is 0.356 e. The number of anilines is 1. The molecule has 1 atom stereocenters. The topological polar surface area (TPSA) is 24.1 Å². The number of hydrogen-bond donors (Lipinski definition) is 2. The summed E-state index contributed by atoms with van der Waals surface area (Å²) >= 11 is 5.18. The van der Waals surface area contributed by atoms with Crippen LogP contribution < -0.4 is 10.6 Å². The lowest BCUT2D eigenvalue weighted by Gasteiger charge is -2.18. The molecule has 0 aliphatic carbocycles. The molecule has 22 heavy (non-hydrogen) atoms. The Balaban J connectivity index is 2.03. The molecule has 0 radical (unpaired) electrons. The Kier molecular flexibility index (Phi) is 5.08. The van der Waals surface area contributed by atoms with Crippen LogP contribution in [0.5, 0.6) is 0 Å². The second-order valence-corrected chi connectivity index (χ2v) is 5.70. The molecule has 116 valence electrons. The lowest BCUT2D eigenvalue weighted by molar-refractivity contribution is 0.586. The molecule has 5 heteroatoms. The predicted molar refractivity (Wildman–Crippen MR) is 90.0 cm³/mol. The van der Waals surface area contributed by atoms with Crippen LogP contribution in [-0.4, -0.2) is 5.11 Å². The number of nitrogens with one attached hydrogen (secondary N) is 2. The van der Waals surface area contributed by atoms with E-state index in [-0.39, 0.29) is 16.8 Å². The van der Waals surface area contributed by atoms with Crippen molar-refractivity contribution in [3.05, 3.63) is 64.7 Å². The molecule has 0 saturated carbocycles. The molecule has 0 saturated heterocycles. The summed E-state index contributed by atoms with van der Waals surface area (Å²) < 4.78 is 26.4. The maximum atomic E-state index is 13.6. The van der Waals surface area contributed by atoms with E-state index in [2.05, 4.69) is 36.6 Å². The fourth-order valence-corrected chi connectivity index (χ4v) is 2.35. The van der Waals surface area contributed by atoms with Crippen LogP contribution in [0.1, 0.15) is 29.7 Å². The van der Waals surface area contributed by atoms with E-state index in [4.69, 9.17) is 12.2 Å². The standard InChI is InChI=1S/C17H18F2N2S/c1-10-4-5-13(8-11(10)2)12(3)20-17(22)21-16-7-6-14(18)9-15(16)19/h4-9,12H,1-3H3,(H2,20,21,22)/t12-/m0/s1. The van der Waals surface area contributed by atoms with E-state index >= 15 is 0 Å². The van der Waals surface area contributed by atoms with Gasteiger partial charge in [-0.1, -0.05) is 18.2 Å². The monoisotopic (exact) mass is 320 g/mol. The van der Waals surface area contributed by atoms with Gasteiger partial charge in [0, 0.05) is 6.07 Å². The molecule has 0 bridgehead atoms. The summed E-state index contributed by atoms with van der Waals surface area (Å²) in [5, 5.41) is 6.12. The predicted octanol–water partition coefficient (Wildman–Crippen LogP) is 4.63. The van der Waals surface area contributed by atoms with Gasteiger partial charge < -0.3 is 10.6 Å². The third-order valence-electron chi connectivity index (χ3n) is 3.56. The number of thiocarbonyl (C=S) groups is 1. The van der Waals surface area contributed by atoms with Crippen LogP contribution in [0, 0.1) is 25.5 Å². The molecule has 2 aromatic carbocycles. The third-order valence-corrected chi connectivity index (χ3v) is 3.78. The van der Waals surface area contributed by atoms with Gasteiger partial charge in [-0.15, -0.1) is 0 Å². The molecule has 2 rings (SSSR count). The molecular weight excluding hydrogens is 302 g/mol. The van der Waals surface area contributed by atoms with Gasteiger partial charge in [-0.25, -0.2) is 8.78 Å². The van der Waals surface area contributed by atoms with Crippen molar-refractivity contribution in [3.63, 3.8) is 0 Å². The first-order valence-electron chi connectivity index (χ1n) is 6.96. The highest BCUT2D eigenvalue weighted by Gasteiger charge is 2.10. The molecule has 0 amide bonds. The molecule has 2 nitrogen and oxygen atoms in total. The first kappa shape index (κ1) is 16.4. The zero-order valence-electron chi connectivity index (χ0n) is 12.7. The Morgan fingerprint density at radius 2 is 1.77 bits per heavy atom. The molecule has 0 unspecified atom stereocenters. The van der Waals surface area contributed by atoms with Crippen LogP contribution >= 0.6 is 12.2 Å². The van der Waals surface area contributed by atoms with Crippen molar-refractivity contribution in [2.75, 3.05) is 5.32 Å². The molecular formula is C17H18F2N2S. The van der Waals surface area contributed by atoms with Gasteiger partial charge in [-0.05, 0) is 61.8 Å². The Labute approximate surface area is 134 Å². The van der Waals surface area contributed by atoms with Gasteiger partial charge in [0.25, 0.3) is 0 Å². The van der Waals surface area contributed by atoms with Gasteiger partial charge in [-0.3, -0.25) is 0 Å². The quantitative estimate of drug-likeness (QED) is 0.806.